The van der Waals surface area contributed by atoms with Crippen LogP contribution in [0.3, 0.4) is 0 Å². The van der Waals surface area contributed by atoms with E-state index in [4.69, 9.17) is 10.5 Å². The number of carbonyl (C=O) groups excluding carboxylic acids is 1. The number of aliphatic imine (C=N–C) groups is 1. The van der Waals surface area contributed by atoms with Gasteiger partial charge in [-0.2, -0.15) is 0 Å². The lowest BCUT2D eigenvalue weighted by molar-refractivity contribution is -0.134. The van der Waals surface area contributed by atoms with Crippen LogP contribution in [0.2, 0.25) is 0 Å². The molecule has 0 aromatic heterocycles. The highest BCUT2D eigenvalue weighted by Crippen LogP contribution is 2.08. The molecule has 0 unspecified atom stereocenters. The third-order valence-electron chi connectivity index (χ3n) is 2.12. The Morgan fingerprint density at radius 2 is 2.06 bits per heavy atom. The first-order chi connectivity index (χ1) is 8.19. The van der Waals surface area contributed by atoms with E-state index in [1.54, 1.807) is 6.92 Å². The van der Waals surface area contributed by atoms with Gasteiger partial charge in [-0.1, -0.05) is 30.3 Å². The van der Waals surface area contributed by atoms with Crippen molar-refractivity contribution in [3.05, 3.63) is 42.0 Å². The lowest BCUT2D eigenvalue weighted by Gasteiger charge is -2.04. The Hall–Kier alpha value is -2.10. The average Bonchev–Trinajstić information content (AvgIpc) is 2.37. The summed E-state index contributed by atoms with van der Waals surface area (Å²) in [6.45, 7) is 2.06. The zero-order chi connectivity index (χ0) is 12.7. The maximum absolute atomic E-state index is 11.5. The molecule has 4 nitrogen and oxygen atoms in total. The number of benzene rings is 1. The summed E-state index contributed by atoms with van der Waals surface area (Å²) in [6.07, 6.45) is 1.52. The number of carbonyl (C=O) groups is 1. The van der Waals surface area contributed by atoms with Gasteiger partial charge in [-0.05, 0) is 18.6 Å². The highest BCUT2D eigenvalue weighted by atomic mass is 16.5. The number of esters is 1. The molecule has 2 N–H and O–H groups in total. The predicted molar refractivity (Wildman–Crippen MR) is 68.6 cm³/mol. The summed E-state index contributed by atoms with van der Waals surface area (Å²) in [5.41, 5.74) is 7.42. The first kappa shape index (κ1) is 13.0. The third kappa shape index (κ3) is 3.75. The number of nitrogens with zero attached hydrogens (tertiary/aromatic N) is 1. The summed E-state index contributed by atoms with van der Waals surface area (Å²) < 4.78 is 4.86. The van der Waals surface area contributed by atoms with E-state index in [2.05, 4.69) is 4.99 Å². The second-order valence-electron chi connectivity index (χ2n) is 3.30. The van der Waals surface area contributed by atoms with Crippen LogP contribution in [0.5, 0.6) is 0 Å². The Morgan fingerprint density at radius 3 is 2.59 bits per heavy atom. The van der Waals surface area contributed by atoms with Gasteiger partial charge in [-0.25, -0.2) is 4.79 Å². The molecule has 0 aliphatic heterocycles. The van der Waals surface area contributed by atoms with Crippen LogP contribution in [0, 0.1) is 0 Å². The van der Waals surface area contributed by atoms with Gasteiger partial charge >= 0.3 is 5.97 Å². The number of hydrogen-bond donors (Lipinski definition) is 1. The van der Waals surface area contributed by atoms with Crippen molar-refractivity contribution in [3.63, 3.8) is 0 Å². The molecule has 0 fully saturated rings. The molecule has 0 bridgehead atoms. The van der Waals surface area contributed by atoms with Crippen molar-refractivity contribution in [3.8, 4) is 0 Å². The summed E-state index contributed by atoms with van der Waals surface area (Å²) in [4.78, 5) is 15.3. The van der Waals surface area contributed by atoms with Crippen LogP contribution >= 0.6 is 0 Å². The van der Waals surface area contributed by atoms with Crippen LogP contribution in [0.1, 0.15) is 12.5 Å². The lowest BCUT2D eigenvalue weighted by Crippen LogP contribution is -2.16. The molecule has 0 aliphatic carbocycles. The van der Waals surface area contributed by atoms with Crippen molar-refractivity contribution in [2.45, 2.75) is 6.92 Å². The second-order valence-corrected chi connectivity index (χ2v) is 3.30. The van der Waals surface area contributed by atoms with Gasteiger partial charge in [0, 0.05) is 12.7 Å². The summed E-state index contributed by atoms with van der Waals surface area (Å²) >= 11 is 0. The van der Waals surface area contributed by atoms with Crippen molar-refractivity contribution in [2.75, 3.05) is 13.7 Å². The molecule has 0 saturated carbocycles. The Bertz CT molecular complexity index is 436. The summed E-state index contributed by atoms with van der Waals surface area (Å²) in [6, 6.07) is 9.39. The van der Waals surface area contributed by atoms with E-state index in [9.17, 15) is 4.79 Å². The van der Waals surface area contributed by atoms with Gasteiger partial charge in [-0.3, -0.25) is 4.99 Å². The smallest absolute Gasteiger partial charge is 0.356 e. The largest absolute Gasteiger partial charge is 0.461 e. The molecular formula is C13H16N2O2. The van der Waals surface area contributed by atoms with Crippen LogP contribution in [-0.4, -0.2) is 25.3 Å². The van der Waals surface area contributed by atoms with Gasteiger partial charge in [0.1, 0.15) is 5.71 Å². The van der Waals surface area contributed by atoms with E-state index in [0.717, 1.165) is 5.56 Å². The molecule has 17 heavy (non-hydrogen) atoms. The Morgan fingerprint density at radius 1 is 1.41 bits per heavy atom. The zero-order valence-electron chi connectivity index (χ0n) is 10.0. The second kappa shape index (κ2) is 6.48. The topological polar surface area (TPSA) is 64.7 Å². The minimum Gasteiger partial charge on any atom is -0.461 e. The van der Waals surface area contributed by atoms with Crippen molar-refractivity contribution < 1.29 is 9.53 Å². The van der Waals surface area contributed by atoms with Crippen molar-refractivity contribution >= 4 is 17.4 Å². The van der Waals surface area contributed by atoms with Crippen molar-refractivity contribution in [2.24, 2.45) is 10.7 Å². The highest BCUT2D eigenvalue weighted by molar-refractivity contribution is 6.42. The van der Waals surface area contributed by atoms with Crippen LogP contribution < -0.4 is 5.73 Å². The Labute approximate surface area is 101 Å². The molecule has 0 amide bonds. The van der Waals surface area contributed by atoms with Gasteiger partial charge in [0.2, 0.25) is 0 Å². The summed E-state index contributed by atoms with van der Waals surface area (Å²) in [7, 11) is 1.53. The summed E-state index contributed by atoms with van der Waals surface area (Å²) in [5.74, 6) is -0.464. The fraction of sp³-hybridized carbons (Fsp3) is 0.231. The maximum atomic E-state index is 11.5. The normalized spacial score (nSPS) is 12.4. The van der Waals surface area contributed by atoms with Gasteiger partial charge in [-0.15, -0.1) is 0 Å². The molecule has 0 saturated heterocycles. The third-order valence-corrected chi connectivity index (χ3v) is 2.12. The van der Waals surface area contributed by atoms with Crippen molar-refractivity contribution in [1.29, 1.82) is 0 Å². The first-order valence-electron chi connectivity index (χ1n) is 5.35. The minimum absolute atomic E-state index is 0.216. The maximum Gasteiger partial charge on any atom is 0.356 e. The zero-order valence-corrected chi connectivity index (χ0v) is 10.0. The SMILES string of the molecule is CCOC(=O)C(C=C(N)c1ccccc1)=NC. The number of nitrogens with two attached hydrogens (primary N) is 1. The van der Waals surface area contributed by atoms with E-state index in [0.29, 0.717) is 12.3 Å². The van der Waals surface area contributed by atoms with Crippen molar-refractivity contribution in [1.82, 2.24) is 0 Å². The molecule has 4 heteroatoms. The van der Waals surface area contributed by atoms with Gasteiger partial charge in [0.05, 0.1) is 6.61 Å². The van der Waals surface area contributed by atoms with Gasteiger partial charge < -0.3 is 10.5 Å². The molecule has 0 aliphatic rings. The Kier molecular flexibility index (Phi) is 4.94. The quantitative estimate of drug-likeness (QED) is 0.633. The fourth-order valence-electron chi connectivity index (χ4n) is 1.28. The van der Waals surface area contributed by atoms with E-state index in [1.807, 2.05) is 30.3 Å². The number of rotatable bonds is 4. The lowest BCUT2D eigenvalue weighted by atomic mass is 10.1. The molecule has 1 rings (SSSR count). The molecule has 1 aromatic carbocycles. The molecular weight excluding hydrogens is 216 g/mol. The molecule has 0 radical (unpaired) electrons. The fourth-order valence-corrected chi connectivity index (χ4v) is 1.28. The molecule has 0 heterocycles. The number of hydrogen-bond acceptors (Lipinski definition) is 4. The molecule has 0 atom stereocenters. The van der Waals surface area contributed by atoms with Gasteiger partial charge in [0.15, 0.2) is 0 Å². The Balaban J connectivity index is 2.90. The first-order valence-corrected chi connectivity index (χ1v) is 5.35. The van der Waals surface area contributed by atoms with Crippen LogP contribution in [0.25, 0.3) is 5.70 Å². The van der Waals surface area contributed by atoms with E-state index >= 15 is 0 Å². The minimum atomic E-state index is -0.464. The highest BCUT2D eigenvalue weighted by Gasteiger charge is 2.09. The average molecular weight is 232 g/mol. The van der Waals surface area contributed by atoms with Crippen LogP contribution in [-0.2, 0) is 9.53 Å². The molecule has 0 spiro atoms. The van der Waals surface area contributed by atoms with E-state index in [-0.39, 0.29) is 5.71 Å². The summed E-state index contributed by atoms with van der Waals surface area (Å²) in [5, 5.41) is 0. The van der Waals surface area contributed by atoms with Crippen LogP contribution in [0.15, 0.2) is 41.4 Å². The number of ether oxygens (including phenoxy) is 1. The monoisotopic (exact) mass is 232 g/mol. The van der Waals surface area contributed by atoms with E-state index < -0.39 is 5.97 Å². The molecule has 1 aromatic rings. The standard InChI is InChI=1S/C13H16N2O2/c1-3-17-13(16)12(15-2)9-11(14)10-7-5-4-6-8-10/h4-9H,3,14H2,1-2H3. The van der Waals surface area contributed by atoms with E-state index in [1.165, 1.54) is 13.1 Å². The van der Waals surface area contributed by atoms with Crippen LogP contribution in [0.4, 0.5) is 0 Å². The van der Waals surface area contributed by atoms with Gasteiger partial charge in [0.25, 0.3) is 0 Å². The predicted octanol–water partition coefficient (Wildman–Crippen LogP) is 1.62. The molecule has 90 valence electrons.